The van der Waals surface area contributed by atoms with Gasteiger partial charge in [-0.05, 0) is 38.0 Å². The van der Waals surface area contributed by atoms with Crippen molar-refractivity contribution in [3.63, 3.8) is 0 Å². The zero-order valence-corrected chi connectivity index (χ0v) is 11.2. The standard InChI is InChI=1S/C14H29NO/c1-11(2)9-12(3)15-10-14(16)13-7-5-4-6-8-13/h11-16H,4-10H2,1-3H3. The summed E-state index contributed by atoms with van der Waals surface area (Å²) in [7, 11) is 0. The van der Waals surface area contributed by atoms with Crippen LogP contribution in [-0.4, -0.2) is 23.8 Å². The molecule has 0 aliphatic heterocycles. The summed E-state index contributed by atoms with van der Waals surface area (Å²) in [6, 6.07) is 0.526. The van der Waals surface area contributed by atoms with E-state index in [2.05, 4.69) is 26.1 Å². The lowest BCUT2D eigenvalue weighted by atomic mass is 9.85. The van der Waals surface area contributed by atoms with Crippen LogP contribution in [0.1, 0.15) is 59.3 Å². The first-order valence-corrected chi connectivity index (χ1v) is 7.01. The lowest BCUT2D eigenvalue weighted by Gasteiger charge is -2.28. The first-order chi connectivity index (χ1) is 7.59. The molecule has 2 heteroatoms. The maximum Gasteiger partial charge on any atom is 0.0692 e. The van der Waals surface area contributed by atoms with E-state index in [1.54, 1.807) is 0 Å². The Balaban J connectivity index is 2.15. The molecule has 16 heavy (non-hydrogen) atoms. The normalized spacial score (nSPS) is 22.3. The number of rotatable bonds is 6. The first kappa shape index (κ1) is 14.0. The van der Waals surface area contributed by atoms with Gasteiger partial charge in [0.2, 0.25) is 0 Å². The molecule has 0 radical (unpaired) electrons. The van der Waals surface area contributed by atoms with E-state index < -0.39 is 0 Å². The third-order valence-corrected chi connectivity index (χ3v) is 3.69. The molecule has 0 aromatic heterocycles. The molecule has 1 fully saturated rings. The van der Waals surface area contributed by atoms with Gasteiger partial charge in [-0.3, -0.25) is 0 Å². The van der Waals surface area contributed by atoms with Gasteiger partial charge in [-0.15, -0.1) is 0 Å². The van der Waals surface area contributed by atoms with Crippen LogP contribution in [0.5, 0.6) is 0 Å². The molecule has 0 saturated heterocycles. The second-order valence-electron chi connectivity index (χ2n) is 5.90. The van der Waals surface area contributed by atoms with Crippen molar-refractivity contribution in [3.8, 4) is 0 Å². The van der Waals surface area contributed by atoms with Crippen LogP contribution in [0.25, 0.3) is 0 Å². The molecule has 2 unspecified atom stereocenters. The molecule has 2 atom stereocenters. The van der Waals surface area contributed by atoms with E-state index in [1.165, 1.54) is 38.5 Å². The van der Waals surface area contributed by atoms with Crippen molar-refractivity contribution >= 4 is 0 Å². The Morgan fingerprint density at radius 3 is 2.31 bits per heavy atom. The summed E-state index contributed by atoms with van der Waals surface area (Å²) in [6.45, 7) is 7.48. The van der Waals surface area contributed by atoms with E-state index in [1.807, 2.05) is 0 Å². The molecule has 0 heterocycles. The quantitative estimate of drug-likeness (QED) is 0.731. The van der Waals surface area contributed by atoms with Gasteiger partial charge in [0.25, 0.3) is 0 Å². The van der Waals surface area contributed by atoms with Crippen molar-refractivity contribution in [2.45, 2.75) is 71.4 Å². The minimum absolute atomic E-state index is 0.130. The van der Waals surface area contributed by atoms with Crippen LogP contribution in [0, 0.1) is 11.8 Å². The van der Waals surface area contributed by atoms with Crippen LogP contribution in [0.15, 0.2) is 0 Å². The lowest BCUT2D eigenvalue weighted by molar-refractivity contribution is 0.0812. The molecular weight excluding hydrogens is 198 g/mol. The highest BCUT2D eigenvalue weighted by atomic mass is 16.3. The molecule has 1 aliphatic rings. The molecule has 0 aromatic carbocycles. The Morgan fingerprint density at radius 1 is 1.12 bits per heavy atom. The van der Waals surface area contributed by atoms with Gasteiger partial charge in [0.1, 0.15) is 0 Å². The van der Waals surface area contributed by atoms with E-state index >= 15 is 0 Å². The minimum atomic E-state index is -0.130. The molecule has 1 saturated carbocycles. The Kier molecular flexibility index (Phi) is 6.37. The Labute approximate surface area is 101 Å². The van der Waals surface area contributed by atoms with Gasteiger partial charge in [0, 0.05) is 12.6 Å². The average Bonchev–Trinajstić information content (AvgIpc) is 2.26. The van der Waals surface area contributed by atoms with Gasteiger partial charge in [0.15, 0.2) is 0 Å². The third kappa shape index (κ3) is 5.31. The maximum atomic E-state index is 10.1. The molecular formula is C14H29NO. The number of hydrogen-bond acceptors (Lipinski definition) is 2. The molecule has 0 aromatic rings. The van der Waals surface area contributed by atoms with E-state index in [4.69, 9.17) is 0 Å². The highest BCUT2D eigenvalue weighted by molar-refractivity contribution is 4.76. The third-order valence-electron chi connectivity index (χ3n) is 3.69. The fraction of sp³-hybridized carbons (Fsp3) is 1.00. The van der Waals surface area contributed by atoms with Gasteiger partial charge in [-0.25, -0.2) is 0 Å². The number of aliphatic hydroxyl groups is 1. The minimum Gasteiger partial charge on any atom is -0.392 e. The second kappa shape index (κ2) is 7.29. The molecule has 1 aliphatic carbocycles. The van der Waals surface area contributed by atoms with Crippen LogP contribution < -0.4 is 5.32 Å². The smallest absolute Gasteiger partial charge is 0.0692 e. The van der Waals surface area contributed by atoms with Crippen LogP contribution >= 0.6 is 0 Å². The summed E-state index contributed by atoms with van der Waals surface area (Å²) < 4.78 is 0. The summed E-state index contributed by atoms with van der Waals surface area (Å²) in [4.78, 5) is 0. The number of nitrogens with one attached hydrogen (secondary N) is 1. The van der Waals surface area contributed by atoms with Crippen molar-refractivity contribution in [3.05, 3.63) is 0 Å². The summed E-state index contributed by atoms with van der Waals surface area (Å²) in [5.41, 5.74) is 0. The molecule has 96 valence electrons. The monoisotopic (exact) mass is 227 g/mol. The highest BCUT2D eigenvalue weighted by Gasteiger charge is 2.21. The van der Waals surface area contributed by atoms with Gasteiger partial charge in [0.05, 0.1) is 6.10 Å². The fourth-order valence-corrected chi connectivity index (χ4v) is 2.80. The van der Waals surface area contributed by atoms with Crippen LogP contribution in [0.4, 0.5) is 0 Å². The van der Waals surface area contributed by atoms with Crippen molar-refractivity contribution in [2.75, 3.05) is 6.54 Å². The second-order valence-corrected chi connectivity index (χ2v) is 5.90. The Hall–Kier alpha value is -0.0800. The predicted octanol–water partition coefficient (Wildman–Crippen LogP) is 2.95. The molecule has 1 rings (SSSR count). The first-order valence-electron chi connectivity index (χ1n) is 7.01. The topological polar surface area (TPSA) is 32.3 Å². The van der Waals surface area contributed by atoms with E-state index in [0.717, 1.165) is 12.5 Å². The van der Waals surface area contributed by atoms with Crippen molar-refractivity contribution < 1.29 is 5.11 Å². The molecule has 0 spiro atoms. The lowest BCUT2D eigenvalue weighted by Crippen LogP contribution is -2.38. The summed E-state index contributed by atoms with van der Waals surface area (Å²) in [6.07, 6.45) is 7.49. The van der Waals surface area contributed by atoms with Gasteiger partial charge >= 0.3 is 0 Å². The van der Waals surface area contributed by atoms with Crippen molar-refractivity contribution in [1.29, 1.82) is 0 Å². The largest absolute Gasteiger partial charge is 0.392 e. The van der Waals surface area contributed by atoms with Crippen LogP contribution in [0.3, 0.4) is 0 Å². The van der Waals surface area contributed by atoms with Gasteiger partial charge in [-0.2, -0.15) is 0 Å². The highest BCUT2D eigenvalue weighted by Crippen LogP contribution is 2.26. The van der Waals surface area contributed by atoms with Gasteiger partial charge < -0.3 is 10.4 Å². The SMILES string of the molecule is CC(C)CC(C)NCC(O)C1CCCCC1. The number of aliphatic hydroxyl groups excluding tert-OH is 1. The number of hydrogen-bond donors (Lipinski definition) is 2. The Morgan fingerprint density at radius 2 is 1.75 bits per heavy atom. The Bertz CT molecular complexity index is 176. The van der Waals surface area contributed by atoms with Crippen LogP contribution in [0.2, 0.25) is 0 Å². The van der Waals surface area contributed by atoms with E-state index in [0.29, 0.717) is 12.0 Å². The maximum absolute atomic E-state index is 10.1. The predicted molar refractivity (Wildman–Crippen MR) is 69.5 cm³/mol. The molecule has 0 amide bonds. The van der Waals surface area contributed by atoms with Crippen molar-refractivity contribution in [2.24, 2.45) is 11.8 Å². The fourth-order valence-electron chi connectivity index (χ4n) is 2.80. The van der Waals surface area contributed by atoms with E-state index in [9.17, 15) is 5.11 Å². The summed E-state index contributed by atoms with van der Waals surface area (Å²) in [5, 5.41) is 13.6. The average molecular weight is 227 g/mol. The molecule has 2 N–H and O–H groups in total. The zero-order chi connectivity index (χ0) is 12.0. The van der Waals surface area contributed by atoms with Crippen LogP contribution in [-0.2, 0) is 0 Å². The van der Waals surface area contributed by atoms with Crippen molar-refractivity contribution in [1.82, 2.24) is 5.32 Å². The van der Waals surface area contributed by atoms with Gasteiger partial charge in [-0.1, -0.05) is 33.1 Å². The molecule has 2 nitrogen and oxygen atoms in total. The summed E-state index contributed by atoms with van der Waals surface area (Å²) >= 11 is 0. The molecule has 0 bridgehead atoms. The summed E-state index contributed by atoms with van der Waals surface area (Å²) in [5.74, 6) is 1.28. The van der Waals surface area contributed by atoms with E-state index in [-0.39, 0.29) is 6.10 Å². The zero-order valence-electron chi connectivity index (χ0n) is 11.2.